The summed E-state index contributed by atoms with van der Waals surface area (Å²) in [6.45, 7) is 25.7. The fourth-order valence-electron chi connectivity index (χ4n) is 10.3. The van der Waals surface area contributed by atoms with Crippen molar-refractivity contribution in [1.82, 2.24) is 0 Å². The first kappa shape index (κ1) is 48.9. The van der Waals surface area contributed by atoms with E-state index in [1.54, 1.807) is 24.3 Å². The van der Waals surface area contributed by atoms with Gasteiger partial charge in [-0.15, -0.1) is 12.0 Å². The number of rotatable bonds is 8. The van der Waals surface area contributed by atoms with E-state index in [1.165, 1.54) is 88.6 Å². The minimum Gasteiger partial charge on any atom is -0.202 e. The second-order valence-electron chi connectivity index (χ2n) is 18.7. The predicted molar refractivity (Wildman–Crippen MR) is 282 cm³/mol. The fraction of sp³-hybridized carbons (Fsp3) is 0.194. The van der Waals surface area contributed by atoms with Gasteiger partial charge in [0.15, 0.2) is 23.3 Å². The third kappa shape index (κ3) is 10.6. The Hall–Kier alpha value is -7.01. The fourth-order valence-corrected chi connectivity index (χ4v) is 10.3. The van der Waals surface area contributed by atoms with Gasteiger partial charge in [-0.2, -0.15) is 0 Å². The molecule has 0 unspecified atom stereocenters. The van der Waals surface area contributed by atoms with Crippen LogP contribution in [0.2, 0.25) is 0 Å². The average molecular weight is 899 g/mol. The van der Waals surface area contributed by atoms with Crippen LogP contribution in [0.25, 0.3) is 12.2 Å². The van der Waals surface area contributed by atoms with Gasteiger partial charge in [-0.1, -0.05) is 197 Å². The van der Waals surface area contributed by atoms with Gasteiger partial charge in [0.2, 0.25) is 13.4 Å². The summed E-state index contributed by atoms with van der Waals surface area (Å²) in [6.07, 6.45) is 4.12. The lowest BCUT2D eigenvalue weighted by Gasteiger charge is -2.22. The molecule has 0 bridgehead atoms. The van der Waals surface area contributed by atoms with Crippen molar-refractivity contribution in [3.63, 3.8) is 0 Å². The zero-order valence-electron chi connectivity index (χ0n) is 41.2. The van der Waals surface area contributed by atoms with Crippen LogP contribution in [0, 0.1) is 130 Å². The van der Waals surface area contributed by atoms with Crippen LogP contribution in [0.4, 0.5) is 17.6 Å². The maximum absolute atomic E-state index is 15.4. The standard InChI is InChI=1S/C62H56B2F4/c1-37-29-41(5)55(42(6)30-37)63(56-43(7)31-38(2)32-44(56)8)27-25-51-17-13-49(14-18-51)21-23-53-59(65)61(67)54(62(68)60(53)66)24-22-50-15-19-52(20-16-50)26-28-64(57-45(9)33-39(3)34-46(57)10)58-47(11)35-40(4)36-48(58)12/h13-20,25-36H,1-12H3/b27-25+,28-26+. The van der Waals surface area contributed by atoms with Crippen LogP contribution in [0.15, 0.2) is 109 Å². The summed E-state index contributed by atoms with van der Waals surface area (Å²) in [5.74, 6) is 8.09. The quantitative estimate of drug-likeness (QED) is 0.0617. The van der Waals surface area contributed by atoms with Crippen LogP contribution in [-0.4, -0.2) is 13.4 Å². The predicted octanol–water partition coefficient (Wildman–Crippen LogP) is 12.5. The molecular formula is C62H56B2F4. The molecule has 68 heavy (non-hydrogen) atoms. The molecule has 0 fully saturated rings. The summed E-state index contributed by atoms with van der Waals surface area (Å²) >= 11 is 0. The van der Waals surface area contributed by atoms with Crippen LogP contribution in [0.3, 0.4) is 0 Å². The van der Waals surface area contributed by atoms with E-state index >= 15 is 17.6 Å². The van der Waals surface area contributed by atoms with Crippen molar-refractivity contribution in [2.45, 2.75) is 83.1 Å². The number of hydrogen-bond acceptors (Lipinski definition) is 0. The molecule has 0 spiro atoms. The Bertz CT molecular complexity index is 2840. The molecule has 0 saturated heterocycles. The molecule has 0 nitrogen and oxygen atoms in total. The zero-order chi connectivity index (χ0) is 49.1. The maximum Gasteiger partial charge on any atom is 0.235 e. The van der Waals surface area contributed by atoms with Crippen molar-refractivity contribution >= 4 is 47.4 Å². The van der Waals surface area contributed by atoms with Gasteiger partial charge >= 0.3 is 0 Å². The summed E-state index contributed by atoms with van der Waals surface area (Å²) in [7, 11) is 0. The van der Waals surface area contributed by atoms with Crippen LogP contribution in [0.5, 0.6) is 0 Å². The normalized spacial score (nSPS) is 11.2. The summed E-state index contributed by atoms with van der Waals surface area (Å²) in [6, 6.07) is 32.0. The van der Waals surface area contributed by atoms with Crippen molar-refractivity contribution < 1.29 is 17.6 Å². The minimum atomic E-state index is -1.59. The van der Waals surface area contributed by atoms with Crippen molar-refractivity contribution in [2.75, 3.05) is 0 Å². The van der Waals surface area contributed by atoms with E-state index in [1.807, 2.05) is 24.3 Å². The highest BCUT2D eigenvalue weighted by Crippen LogP contribution is 2.24. The Morgan fingerprint density at radius 2 is 0.544 bits per heavy atom. The Morgan fingerprint density at radius 3 is 0.765 bits per heavy atom. The first-order chi connectivity index (χ1) is 32.3. The number of benzene rings is 7. The van der Waals surface area contributed by atoms with E-state index in [0.717, 1.165) is 11.1 Å². The highest BCUT2D eigenvalue weighted by molar-refractivity contribution is 6.91. The molecule has 0 amide bonds. The molecule has 7 rings (SSSR count). The molecule has 0 aliphatic carbocycles. The van der Waals surface area contributed by atoms with Gasteiger partial charge in [0.05, 0.1) is 0 Å². The smallest absolute Gasteiger partial charge is 0.202 e. The average Bonchev–Trinajstić information content (AvgIpc) is 3.25. The molecule has 0 saturated carbocycles. The lowest BCUT2D eigenvalue weighted by Crippen LogP contribution is -2.46. The van der Waals surface area contributed by atoms with E-state index in [2.05, 4.69) is 179 Å². The van der Waals surface area contributed by atoms with Gasteiger partial charge in [0.1, 0.15) is 11.1 Å². The minimum absolute atomic E-state index is 0.00298. The Kier molecular flexibility index (Phi) is 14.7. The third-order valence-corrected chi connectivity index (χ3v) is 12.9. The number of aryl methyl sites for hydroxylation is 12. The highest BCUT2D eigenvalue weighted by Gasteiger charge is 2.27. The van der Waals surface area contributed by atoms with Crippen LogP contribution in [-0.2, 0) is 0 Å². The lowest BCUT2D eigenvalue weighted by molar-refractivity contribution is 0.447. The summed E-state index contributed by atoms with van der Waals surface area (Å²) in [5, 5.41) is 0. The molecule has 0 radical (unpaired) electrons. The van der Waals surface area contributed by atoms with Gasteiger partial charge in [-0.3, -0.25) is 0 Å². The van der Waals surface area contributed by atoms with E-state index in [0.29, 0.717) is 11.1 Å². The molecule has 6 heteroatoms. The molecule has 7 aromatic rings. The second kappa shape index (κ2) is 20.5. The molecule has 0 aromatic heterocycles. The highest BCUT2D eigenvalue weighted by atomic mass is 19.2. The molecule has 0 aliphatic heterocycles. The van der Waals surface area contributed by atoms with Gasteiger partial charge in [-0.25, -0.2) is 17.6 Å². The summed E-state index contributed by atoms with van der Waals surface area (Å²) in [4.78, 5) is 0. The van der Waals surface area contributed by atoms with E-state index in [9.17, 15) is 0 Å². The van der Waals surface area contributed by atoms with Gasteiger partial charge < -0.3 is 0 Å². The van der Waals surface area contributed by atoms with Crippen molar-refractivity contribution in [1.29, 1.82) is 0 Å². The molecule has 0 N–H and O–H groups in total. The van der Waals surface area contributed by atoms with Crippen molar-refractivity contribution in [3.8, 4) is 23.7 Å². The summed E-state index contributed by atoms with van der Waals surface area (Å²) in [5.41, 5.74) is 20.4. The SMILES string of the molecule is Cc1cc(C)c(B(/C=C/c2ccc(C#Cc3c(F)c(F)c(C#Cc4ccc(/C=C/B(c5c(C)cc(C)cc5C)c5c(C)cc(C)cc5C)cc4)c(F)c3F)cc2)c2c(C)cc(C)cc2C)c(C)c1. The molecule has 0 aliphatic rings. The monoisotopic (exact) mass is 898 g/mol. The first-order valence-corrected chi connectivity index (χ1v) is 23.1. The molecule has 0 heterocycles. The Morgan fingerprint density at radius 1 is 0.324 bits per heavy atom. The van der Waals surface area contributed by atoms with E-state index in [4.69, 9.17) is 0 Å². The Balaban J connectivity index is 1.11. The Labute approximate surface area is 402 Å². The second-order valence-corrected chi connectivity index (χ2v) is 18.7. The van der Waals surface area contributed by atoms with Gasteiger partial charge in [-0.05, 0) is 118 Å². The van der Waals surface area contributed by atoms with Crippen LogP contribution < -0.4 is 21.9 Å². The van der Waals surface area contributed by atoms with Crippen molar-refractivity contribution in [2.24, 2.45) is 0 Å². The molecule has 338 valence electrons. The van der Waals surface area contributed by atoms with E-state index < -0.39 is 34.4 Å². The van der Waals surface area contributed by atoms with Gasteiger partial charge in [0, 0.05) is 11.1 Å². The largest absolute Gasteiger partial charge is 0.235 e. The number of hydrogen-bond donors (Lipinski definition) is 0. The van der Waals surface area contributed by atoms with Crippen LogP contribution in [0.1, 0.15) is 100 Å². The number of halogens is 4. The molecule has 0 atom stereocenters. The van der Waals surface area contributed by atoms with Crippen LogP contribution >= 0.6 is 0 Å². The zero-order valence-corrected chi connectivity index (χ0v) is 41.2. The lowest BCUT2D eigenvalue weighted by atomic mass is 9.37. The third-order valence-electron chi connectivity index (χ3n) is 12.9. The topological polar surface area (TPSA) is 0 Å². The molecule has 7 aromatic carbocycles. The maximum atomic E-state index is 15.4. The van der Waals surface area contributed by atoms with Crippen molar-refractivity contribution in [3.05, 3.63) is 232 Å². The summed E-state index contributed by atoms with van der Waals surface area (Å²) < 4.78 is 61.7. The van der Waals surface area contributed by atoms with E-state index in [-0.39, 0.29) is 13.4 Å². The molecular weight excluding hydrogens is 842 g/mol. The van der Waals surface area contributed by atoms with Gasteiger partial charge in [0.25, 0.3) is 0 Å². The first-order valence-electron chi connectivity index (χ1n) is 23.1.